The van der Waals surface area contributed by atoms with Crippen LogP contribution in [0.1, 0.15) is 111 Å². The normalized spacial score (nSPS) is 12.0. The summed E-state index contributed by atoms with van der Waals surface area (Å²) in [4.78, 5) is 23.1. The van der Waals surface area contributed by atoms with Crippen LogP contribution in [0.25, 0.3) is 0 Å². The molecule has 0 amide bonds. The lowest BCUT2D eigenvalue weighted by atomic mass is 10.1. The summed E-state index contributed by atoms with van der Waals surface area (Å²) in [5.74, 6) is -0.599. The number of carbonyl (C=O) groups excluding carboxylic acids is 2. The van der Waals surface area contributed by atoms with E-state index < -0.39 is 11.9 Å². The van der Waals surface area contributed by atoms with E-state index in [0.29, 0.717) is 19.1 Å². The number of esters is 2. The summed E-state index contributed by atoms with van der Waals surface area (Å²) in [5, 5.41) is 0. The molecule has 0 heterocycles. The van der Waals surface area contributed by atoms with E-state index in [9.17, 15) is 9.59 Å². The number of hydrogen-bond donors (Lipinski definition) is 0. The summed E-state index contributed by atoms with van der Waals surface area (Å²) in [7, 11) is 0. The molecule has 0 aromatic heterocycles. The van der Waals surface area contributed by atoms with Crippen molar-refractivity contribution in [2.75, 3.05) is 13.2 Å². The van der Waals surface area contributed by atoms with Gasteiger partial charge in [-0.3, -0.25) is 9.59 Å². The van der Waals surface area contributed by atoms with Gasteiger partial charge in [0.15, 0.2) is 0 Å². The molecule has 0 spiro atoms. The highest BCUT2D eigenvalue weighted by atomic mass is 16.6. The molecule has 0 aliphatic rings. The van der Waals surface area contributed by atoms with Crippen molar-refractivity contribution in [2.45, 2.75) is 111 Å². The number of unbranched alkanes of at least 4 members (excludes halogenated alkanes) is 10. The summed E-state index contributed by atoms with van der Waals surface area (Å²) < 4.78 is 10.2. The van der Waals surface area contributed by atoms with Crippen molar-refractivity contribution >= 4 is 11.9 Å². The molecule has 0 rings (SSSR count). The third-order valence-corrected chi connectivity index (χ3v) is 4.61. The summed E-state index contributed by atoms with van der Waals surface area (Å²) >= 11 is 0. The van der Waals surface area contributed by atoms with Gasteiger partial charge in [0.2, 0.25) is 0 Å². The van der Waals surface area contributed by atoms with Crippen molar-refractivity contribution in [2.24, 2.45) is 5.92 Å². The molecule has 0 aromatic carbocycles. The maximum Gasteiger partial charge on any atom is 0.317 e. The van der Waals surface area contributed by atoms with E-state index in [4.69, 9.17) is 9.47 Å². The van der Waals surface area contributed by atoms with Gasteiger partial charge in [0.25, 0.3) is 0 Å². The molecule has 1 atom stereocenters. The zero-order valence-corrected chi connectivity index (χ0v) is 17.5. The van der Waals surface area contributed by atoms with Crippen LogP contribution in [0.15, 0.2) is 0 Å². The molecule has 0 fully saturated rings. The van der Waals surface area contributed by atoms with E-state index in [0.717, 1.165) is 25.7 Å². The first kappa shape index (κ1) is 24.9. The monoisotopic (exact) mass is 370 g/mol. The van der Waals surface area contributed by atoms with Gasteiger partial charge in [0.05, 0.1) is 13.2 Å². The van der Waals surface area contributed by atoms with Crippen LogP contribution in [0, 0.1) is 5.92 Å². The predicted octanol–water partition coefficient (Wildman–Crippen LogP) is 6.21. The zero-order valence-electron chi connectivity index (χ0n) is 17.5. The molecular formula is C22H42O4. The van der Waals surface area contributed by atoms with Crippen LogP contribution in [-0.2, 0) is 19.1 Å². The van der Waals surface area contributed by atoms with Gasteiger partial charge in [-0.15, -0.1) is 0 Å². The highest BCUT2D eigenvalue weighted by Crippen LogP contribution is 2.11. The van der Waals surface area contributed by atoms with Crippen LogP contribution in [-0.4, -0.2) is 25.2 Å². The van der Waals surface area contributed by atoms with E-state index >= 15 is 0 Å². The second-order valence-electron chi connectivity index (χ2n) is 7.51. The van der Waals surface area contributed by atoms with Crippen LogP contribution < -0.4 is 0 Å². The van der Waals surface area contributed by atoms with E-state index in [-0.39, 0.29) is 6.42 Å². The first-order chi connectivity index (χ1) is 12.6. The molecule has 4 nitrogen and oxygen atoms in total. The van der Waals surface area contributed by atoms with Gasteiger partial charge < -0.3 is 9.47 Å². The molecule has 0 radical (unpaired) electrons. The Kier molecular flexibility index (Phi) is 18.0. The Labute approximate surface area is 161 Å². The van der Waals surface area contributed by atoms with Crippen LogP contribution in [0.4, 0.5) is 0 Å². The van der Waals surface area contributed by atoms with E-state index in [1.807, 2.05) is 6.92 Å². The molecule has 4 heteroatoms. The highest BCUT2D eigenvalue weighted by Gasteiger charge is 2.13. The number of ether oxygens (including phenoxy) is 2. The third kappa shape index (κ3) is 17.8. The SMILES string of the molecule is CCCCCCCCCCCCCOC(=O)CC(=O)OCC(C)CCC. The van der Waals surface area contributed by atoms with Crippen molar-refractivity contribution in [1.29, 1.82) is 0 Å². The third-order valence-electron chi connectivity index (χ3n) is 4.61. The Morgan fingerprint density at radius 3 is 1.73 bits per heavy atom. The van der Waals surface area contributed by atoms with Gasteiger partial charge in [-0.1, -0.05) is 91.4 Å². The van der Waals surface area contributed by atoms with Crippen LogP contribution in [0.3, 0.4) is 0 Å². The fraction of sp³-hybridized carbons (Fsp3) is 0.909. The second kappa shape index (κ2) is 18.7. The first-order valence-corrected chi connectivity index (χ1v) is 10.9. The fourth-order valence-corrected chi connectivity index (χ4v) is 2.98. The van der Waals surface area contributed by atoms with Crippen LogP contribution in [0.5, 0.6) is 0 Å². The highest BCUT2D eigenvalue weighted by molar-refractivity contribution is 5.91. The molecular weight excluding hydrogens is 328 g/mol. The van der Waals surface area contributed by atoms with Crippen LogP contribution in [0.2, 0.25) is 0 Å². The van der Waals surface area contributed by atoms with Gasteiger partial charge in [-0.25, -0.2) is 0 Å². The molecule has 154 valence electrons. The minimum Gasteiger partial charge on any atom is -0.465 e. The van der Waals surface area contributed by atoms with E-state index in [1.165, 1.54) is 57.8 Å². The Bertz CT molecular complexity index is 341. The van der Waals surface area contributed by atoms with Crippen molar-refractivity contribution in [1.82, 2.24) is 0 Å². The topological polar surface area (TPSA) is 52.6 Å². The molecule has 0 saturated heterocycles. The zero-order chi connectivity index (χ0) is 19.5. The van der Waals surface area contributed by atoms with Gasteiger partial charge in [0.1, 0.15) is 6.42 Å². The summed E-state index contributed by atoms with van der Waals surface area (Å²) in [6, 6.07) is 0. The molecule has 0 N–H and O–H groups in total. The molecule has 0 aliphatic carbocycles. The number of carbonyl (C=O) groups is 2. The Morgan fingerprint density at radius 1 is 0.692 bits per heavy atom. The standard InChI is InChI=1S/C22H42O4/c1-4-6-7-8-9-10-11-12-13-14-15-17-25-21(23)18-22(24)26-19-20(3)16-5-2/h20H,4-19H2,1-3H3. The minimum atomic E-state index is -0.475. The Morgan fingerprint density at radius 2 is 1.19 bits per heavy atom. The lowest BCUT2D eigenvalue weighted by Crippen LogP contribution is -2.17. The Balaban J connectivity index is 3.37. The maximum atomic E-state index is 11.6. The van der Waals surface area contributed by atoms with Crippen LogP contribution >= 0.6 is 0 Å². The van der Waals surface area contributed by atoms with Gasteiger partial charge in [-0.2, -0.15) is 0 Å². The van der Waals surface area contributed by atoms with E-state index in [1.54, 1.807) is 0 Å². The molecule has 0 aliphatic heterocycles. The van der Waals surface area contributed by atoms with Crippen molar-refractivity contribution in [3.8, 4) is 0 Å². The predicted molar refractivity (Wildman–Crippen MR) is 107 cm³/mol. The van der Waals surface area contributed by atoms with Crippen molar-refractivity contribution in [3.63, 3.8) is 0 Å². The summed E-state index contributed by atoms with van der Waals surface area (Å²) in [6.07, 6.45) is 15.7. The number of hydrogen-bond acceptors (Lipinski definition) is 4. The molecule has 0 saturated carbocycles. The lowest BCUT2D eigenvalue weighted by molar-refractivity contribution is -0.155. The Hall–Kier alpha value is -1.06. The summed E-state index contributed by atoms with van der Waals surface area (Å²) in [6.45, 7) is 7.19. The first-order valence-electron chi connectivity index (χ1n) is 10.9. The lowest BCUT2D eigenvalue weighted by Gasteiger charge is -2.10. The summed E-state index contributed by atoms with van der Waals surface area (Å²) in [5.41, 5.74) is 0. The quantitative estimate of drug-likeness (QED) is 0.163. The molecule has 0 bridgehead atoms. The van der Waals surface area contributed by atoms with Gasteiger partial charge >= 0.3 is 11.9 Å². The maximum absolute atomic E-state index is 11.6. The number of rotatable bonds is 18. The average Bonchev–Trinajstić information content (AvgIpc) is 2.61. The van der Waals surface area contributed by atoms with Crippen molar-refractivity contribution < 1.29 is 19.1 Å². The second-order valence-corrected chi connectivity index (χ2v) is 7.51. The van der Waals surface area contributed by atoms with Crippen molar-refractivity contribution in [3.05, 3.63) is 0 Å². The molecule has 0 aromatic rings. The molecule has 1 unspecified atom stereocenters. The largest absolute Gasteiger partial charge is 0.465 e. The average molecular weight is 371 g/mol. The molecule has 26 heavy (non-hydrogen) atoms. The van der Waals surface area contributed by atoms with Gasteiger partial charge in [0, 0.05) is 0 Å². The van der Waals surface area contributed by atoms with E-state index in [2.05, 4.69) is 13.8 Å². The minimum absolute atomic E-state index is 0.267. The smallest absolute Gasteiger partial charge is 0.317 e. The van der Waals surface area contributed by atoms with Gasteiger partial charge in [-0.05, 0) is 18.8 Å². The fourth-order valence-electron chi connectivity index (χ4n) is 2.98.